The third kappa shape index (κ3) is 5.40. The van der Waals surface area contributed by atoms with E-state index >= 15 is 0 Å². The van der Waals surface area contributed by atoms with Gasteiger partial charge in [0.1, 0.15) is 11.6 Å². The Kier molecular flexibility index (Phi) is 6.95. The molecule has 1 aliphatic rings. The summed E-state index contributed by atoms with van der Waals surface area (Å²) in [7, 11) is 1.82. The van der Waals surface area contributed by atoms with Gasteiger partial charge in [0.05, 0.1) is 18.1 Å². The average molecular weight is 433 g/mol. The minimum Gasteiger partial charge on any atom is -0.372 e. The van der Waals surface area contributed by atoms with Crippen LogP contribution in [0.2, 0.25) is 0 Å². The van der Waals surface area contributed by atoms with Crippen molar-refractivity contribution in [1.29, 1.82) is 0 Å². The van der Waals surface area contributed by atoms with Crippen molar-refractivity contribution in [2.24, 2.45) is 11.8 Å². The van der Waals surface area contributed by atoms with E-state index in [0.717, 1.165) is 66.2 Å². The van der Waals surface area contributed by atoms with Crippen molar-refractivity contribution < 1.29 is 4.79 Å². The molecule has 2 aromatic heterocycles. The summed E-state index contributed by atoms with van der Waals surface area (Å²) in [6, 6.07) is 8.02. The van der Waals surface area contributed by atoms with Crippen LogP contribution in [0, 0.1) is 11.8 Å². The third-order valence-electron chi connectivity index (χ3n) is 6.14. The van der Waals surface area contributed by atoms with E-state index in [1.54, 1.807) is 18.6 Å². The molecule has 1 saturated heterocycles. The van der Waals surface area contributed by atoms with Gasteiger partial charge in [-0.1, -0.05) is 26.0 Å². The second-order valence-corrected chi connectivity index (χ2v) is 8.96. The van der Waals surface area contributed by atoms with Crippen LogP contribution in [0.5, 0.6) is 0 Å². The summed E-state index contributed by atoms with van der Waals surface area (Å²) in [5.74, 6) is 2.16. The molecule has 0 radical (unpaired) electrons. The van der Waals surface area contributed by atoms with E-state index < -0.39 is 0 Å². The minimum atomic E-state index is 0.0497. The number of rotatable bonds is 7. The molecule has 0 saturated carbocycles. The molecular formula is C25H32N6O. The molecule has 1 amide bonds. The normalized spacial score (nSPS) is 15.2. The molecule has 3 heterocycles. The van der Waals surface area contributed by atoms with Crippen LogP contribution in [0.25, 0.3) is 22.0 Å². The monoisotopic (exact) mass is 432 g/mol. The van der Waals surface area contributed by atoms with Gasteiger partial charge in [0.15, 0.2) is 0 Å². The van der Waals surface area contributed by atoms with Crippen molar-refractivity contribution >= 4 is 28.3 Å². The molecule has 0 spiro atoms. The van der Waals surface area contributed by atoms with Gasteiger partial charge in [-0.05, 0) is 62.3 Å². The zero-order valence-corrected chi connectivity index (χ0v) is 19.1. The van der Waals surface area contributed by atoms with Crippen LogP contribution in [0.1, 0.15) is 33.1 Å². The van der Waals surface area contributed by atoms with Gasteiger partial charge >= 0.3 is 0 Å². The van der Waals surface area contributed by atoms with Crippen molar-refractivity contribution in [2.45, 2.75) is 33.1 Å². The number of hydrogen-bond acceptors (Lipinski definition) is 6. The Morgan fingerprint density at radius 2 is 1.91 bits per heavy atom. The first kappa shape index (κ1) is 22.1. The van der Waals surface area contributed by atoms with Crippen molar-refractivity contribution in [1.82, 2.24) is 19.9 Å². The summed E-state index contributed by atoms with van der Waals surface area (Å²) in [5.41, 5.74) is 1.77. The molecule has 0 atom stereocenters. The second-order valence-electron chi connectivity index (χ2n) is 8.96. The van der Waals surface area contributed by atoms with Crippen LogP contribution in [0.15, 0.2) is 42.9 Å². The molecule has 2 N–H and O–H groups in total. The van der Waals surface area contributed by atoms with Gasteiger partial charge in [0.25, 0.3) is 0 Å². The maximum atomic E-state index is 12.8. The Morgan fingerprint density at radius 3 is 2.66 bits per heavy atom. The maximum absolute atomic E-state index is 12.8. The van der Waals surface area contributed by atoms with Gasteiger partial charge in [0.2, 0.25) is 5.91 Å². The number of amides is 1. The second kappa shape index (κ2) is 10.0. The molecule has 0 unspecified atom stereocenters. The van der Waals surface area contributed by atoms with Crippen molar-refractivity contribution in [3.8, 4) is 11.3 Å². The number of fused-ring (bicyclic) bond motifs is 1. The summed E-state index contributed by atoms with van der Waals surface area (Å²) in [6.07, 6.45) is 8.27. The molecule has 168 valence electrons. The highest BCUT2D eigenvalue weighted by Gasteiger charge is 2.25. The molecule has 7 nitrogen and oxygen atoms in total. The van der Waals surface area contributed by atoms with Crippen LogP contribution in [0.4, 0.5) is 11.6 Å². The first-order chi connectivity index (χ1) is 15.5. The minimum absolute atomic E-state index is 0.0497. The lowest BCUT2D eigenvalue weighted by Gasteiger charge is -2.31. The van der Waals surface area contributed by atoms with Crippen molar-refractivity contribution in [3.05, 3.63) is 42.9 Å². The topological polar surface area (TPSA) is 83.0 Å². The first-order valence-corrected chi connectivity index (χ1v) is 11.4. The van der Waals surface area contributed by atoms with Crippen molar-refractivity contribution in [3.63, 3.8) is 0 Å². The van der Waals surface area contributed by atoms with Crippen LogP contribution < -0.4 is 10.6 Å². The van der Waals surface area contributed by atoms with Crippen LogP contribution in [-0.2, 0) is 4.79 Å². The number of pyridine rings is 1. The predicted molar refractivity (Wildman–Crippen MR) is 130 cm³/mol. The van der Waals surface area contributed by atoms with Gasteiger partial charge in [-0.3, -0.25) is 9.78 Å². The zero-order valence-electron chi connectivity index (χ0n) is 19.1. The van der Waals surface area contributed by atoms with E-state index in [2.05, 4.69) is 50.4 Å². The maximum Gasteiger partial charge on any atom is 0.228 e. The number of nitrogens with one attached hydrogen (secondary N) is 2. The molecule has 0 aliphatic carbocycles. The van der Waals surface area contributed by atoms with Gasteiger partial charge in [-0.15, -0.1) is 0 Å². The Balaban J connectivity index is 1.42. The number of aromatic nitrogens is 3. The molecule has 0 bridgehead atoms. The highest BCUT2D eigenvalue weighted by Crippen LogP contribution is 2.25. The number of nitrogens with zero attached hydrogens (tertiary/aromatic N) is 4. The quantitative estimate of drug-likeness (QED) is 0.575. The van der Waals surface area contributed by atoms with E-state index in [0.29, 0.717) is 5.82 Å². The Hall–Kier alpha value is -3.06. The number of likely N-dealkylation sites (tertiary alicyclic amines) is 1. The molecule has 1 aromatic carbocycles. The van der Waals surface area contributed by atoms with E-state index in [9.17, 15) is 4.79 Å². The fourth-order valence-corrected chi connectivity index (χ4v) is 4.08. The highest BCUT2D eigenvalue weighted by molar-refractivity contribution is 5.95. The van der Waals surface area contributed by atoms with E-state index in [1.165, 1.54) is 6.42 Å². The summed E-state index contributed by atoms with van der Waals surface area (Å²) in [4.78, 5) is 28.6. The SMILES string of the molecule is CNc1cncc(-c2ccc3cnc(NC(=O)C4CCN(CCC(C)C)CC4)cc3c2)n1. The smallest absolute Gasteiger partial charge is 0.228 e. The molecule has 4 rings (SSSR count). The first-order valence-electron chi connectivity index (χ1n) is 11.4. The van der Waals surface area contributed by atoms with Gasteiger partial charge in [0, 0.05) is 30.1 Å². The van der Waals surface area contributed by atoms with Gasteiger partial charge < -0.3 is 15.5 Å². The number of carbonyl (C=O) groups is 1. The zero-order chi connectivity index (χ0) is 22.5. The largest absolute Gasteiger partial charge is 0.372 e. The number of benzene rings is 1. The Morgan fingerprint density at radius 1 is 1.09 bits per heavy atom. The standard InChI is InChI=1S/C25H32N6O/c1-17(2)6-9-31-10-7-18(8-11-31)25(32)30-23-13-21-12-19(4-5-20(21)14-28-23)22-15-27-16-24(26-3)29-22/h4-5,12-18H,6-11H2,1-3H3,(H,26,29)(H,28,30,32). The molecule has 7 heteroatoms. The lowest BCUT2D eigenvalue weighted by atomic mass is 9.95. The number of anilines is 2. The molecule has 3 aromatic rings. The van der Waals surface area contributed by atoms with Crippen LogP contribution in [0.3, 0.4) is 0 Å². The van der Waals surface area contributed by atoms with E-state index in [4.69, 9.17) is 0 Å². The predicted octanol–water partition coefficient (Wildman–Crippen LogP) is 4.43. The molecule has 1 fully saturated rings. The summed E-state index contributed by atoms with van der Waals surface area (Å²) in [6.45, 7) is 7.62. The van der Waals surface area contributed by atoms with E-state index in [-0.39, 0.29) is 11.8 Å². The number of carbonyl (C=O) groups excluding carboxylic acids is 1. The fourth-order valence-electron chi connectivity index (χ4n) is 4.08. The molecule has 32 heavy (non-hydrogen) atoms. The van der Waals surface area contributed by atoms with E-state index in [1.807, 2.05) is 25.2 Å². The van der Waals surface area contributed by atoms with Crippen LogP contribution >= 0.6 is 0 Å². The summed E-state index contributed by atoms with van der Waals surface area (Å²) < 4.78 is 0. The summed E-state index contributed by atoms with van der Waals surface area (Å²) in [5, 5.41) is 8.08. The fraction of sp³-hybridized carbons (Fsp3) is 0.440. The van der Waals surface area contributed by atoms with Gasteiger partial charge in [-0.25, -0.2) is 9.97 Å². The highest BCUT2D eigenvalue weighted by atomic mass is 16.1. The Bertz CT molecular complexity index is 1070. The number of piperidine rings is 1. The molecule has 1 aliphatic heterocycles. The lowest BCUT2D eigenvalue weighted by molar-refractivity contribution is -0.121. The molecular weight excluding hydrogens is 400 g/mol. The van der Waals surface area contributed by atoms with Gasteiger partial charge in [-0.2, -0.15) is 0 Å². The average Bonchev–Trinajstić information content (AvgIpc) is 2.82. The lowest BCUT2D eigenvalue weighted by Crippen LogP contribution is -2.38. The van der Waals surface area contributed by atoms with Crippen molar-refractivity contribution in [2.75, 3.05) is 37.3 Å². The van der Waals surface area contributed by atoms with Crippen LogP contribution in [-0.4, -0.2) is 52.4 Å². The summed E-state index contributed by atoms with van der Waals surface area (Å²) >= 11 is 0. The third-order valence-corrected chi connectivity index (χ3v) is 6.14. The number of hydrogen-bond donors (Lipinski definition) is 2. The Labute approximate surface area is 189 Å².